The molecule has 0 nitrogen and oxygen atoms in total. The van der Waals surface area contributed by atoms with E-state index >= 15 is 0 Å². The van der Waals surface area contributed by atoms with Crippen LogP contribution in [-0.4, -0.2) is 0 Å². The highest BCUT2D eigenvalue weighted by Crippen LogP contribution is 2.90. The molecule has 0 heterocycles. The van der Waals surface area contributed by atoms with Crippen molar-refractivity contribution in [2.45, 2.75) is 46.5 Å². The van der Waals surface area contributed by atoms with Gasteiger partial charge in [-0.2, -0.15) is 0 Å². The molecule has 0 aromatic carbocycles. The van der Waals surface area contributed by atoms with Gasteiger partial charge in [0.05, 0.1) is 0 Å². The predicted octanol–water partition coefficient (Wildman–Crippen LogP) is 3.47. The quantitative estimate of drug-likeness (QED) is 0.556. The lowest BCUT2D eigenvalue weighted by Crippen LogP contribution is -2.31. The van der Waals surface area contributed by atoms with E-state index in [0.717, 1.165) is 22.7 Å². The van der Waals surface area contributed by atoms with E-state index < -0.39 is 0 Å². The van der Waals surface area contributed by atoms with Crippen LogP contribution in [0.2, 0.25) is 0 Å². The first-order valence-corrected chi connectivity index (χ1v) is 5.63. The SMILES string of the molecule is CC1CC2(C1)C1CCC12C(C)C. The van der Waals surface area contributed by atoms with Crippen molar-refractivity contribution >= 4 is 0 Å². The van der Waals surface area contributed by atoms with Gasteiger partial charge < -0.3 is 0 Å². The normalized spacial score (nSPS) is 61.0. The zero-order chi connectivity index (χ0) is 8.56. The number of hydrogen-bond acceptors (Lipinski definition) is 0. The summed E-state index contributed by atoms with van der Waals surface area (Å²) in [5.74, 6) is 3.18. The topological polar surface area (TPSA) is 0 Å². The van der Waals surface area contributed by atoms with E-state index in [1.165, 1.54) is 5.92 Å². The van der Waals surface area contributed by atoms with Crippen LogP contribution >= 0.6 is 0 Å². The second-order valence-electron chi connectivity index (χ2n) is 5.96. The molecule has 0 aliphatic heterocycles. The molecule has 2 unspecified atom stereocenters. The largest absolute Gasteiger partial charge is 0.0625 e. The highest BCUT2D eigenvalue weighted by molar-refractivity contribution is 5.31. The molecule has 0 aromatic rings. The minimum atomic E-state index is 0.861. The molecule has 0 radical (unpaired) electrons. The number of rotatable bonds is 1. The van der Waals surface area contributed by atoms with Crippen LogP contribution in [0, 0.1) is 28.6 Å². The molecule has 3 saturated carbocycles. The fraction of sp³-hybridized carbons (Fsp3) is 1.00. The van der Waals surface area contributed by atoms with Crippen molar-refractivity contribution in [2.75, 3.05) is 0 Å². The third kappa shape index (κ3) is 0.482. The molecule has 1 spiro atoms. The Hall–Kier alpha value is 0. The minimum absolute atomic E-state index is 0.861. The molecule has 3 aliphatic carbocycles. The van der Waals surface area contributed by atoms with E-state index in [4.69, 9.17) is 0 Å². The van der Waals surface area contributed by atoms with Crippen molar-refractivity contribution in [3.8, 4) is 0 Å². The monoisotopic (exact) mass is 164 g/mol. The zero-order valence-corrected chi connectivity index (χ0v) is 8.56. The highest BCUT2D eigenvalue weighted by atomic mass is 14.9. The highest BCUT2D eigenvalue weighted by Gasteiger charge is 2.83. The molecule has 3 fully saturated rings. The lowest BCUT2D eigenvalue weighted by atomic mass is 9.65. The summed E-state index contributed by atoms with van der Waals surface area (Å²) in [6.45, 7) is 7.32. The fourth-order valence-corrected chi connectivity index (χ4v) is 5.03. The lowest BCUT2D eigenvalue weighted by molar-refractivity contribution is 0.101. The molecule has 0 heteroatoms. The van der Waals surface area contributed by atoms with Gasteiger partial charge in [0.2, 0.25) is 0 Å². The average molecular weight is 164 g/mol. The van der Waals surface area contributed by atoms with Gasteiger partial charge in [-0.15, -0.1) is 0 Å². The third-order valence-corrected chi connectivity index (χ3v) is 5.43. The van der Waals surface area contributed by atoms with Crippen LogP contribution in [-0.2, 0) is 0 Å². The molecule has 0 amide bonds. The van der Waals surface area contributed by atoms with E-state index in [1.807, 2.05) is 0 Å². The Labute approximate surface area is 75.7 Å². The van der Waals surface area contributed by atoms with Crippen molar-refractivity contribution in [1.82, 2.24) is 0 Å². The van der Waals surface area contributed by atoms with Crippen molar-refractivity contribution in [2.24, 2.45) is 28.6 Å². The van der Waals surface area contributed by atoms with Crippen LogP contribution in [0.3, 0.4) is 0 Å². The third-order valence-electron chi connectivity index (χ3n) is 5.43. The van der Waals surface area contributed by atoms with E-state index in [1.54, 1.807) is 25.7 Å². The lowest BCUT2D eigenvalue weighted by Gasteiger charge is -2.39. The van der Waals surface area contributed by atoms with Crippen LogP contribution in [0.25, 0.3) is 0 Å². The Kier molecular flexibility index (Phi) is 1.09. The van der Waals surface area contributed by atoms with Crippen molar-refractivity contribution in [3.63, 3.8) is 0 Å². The second kappa shape index (κ2) is 1.76. The van der Waals surface area contributed by atoms with Gasteiger partial charge in [-0.05, 0) is 54.3 Å². The molecule has 3 aliphatic rings. The Morgan fingerprint density at radius 3 is 2.17 bits per heavy atom. The molecular weight excluding hydrogens is 144 g/mol. The summed E-state index contributed by atoms with van der Waals surface area (Å²) in [5, 5.41) is 0. The number of hydrogen-bond donors (Lipinski definition) is 0. The van der Waals surface area contributed by atoms with E-state index in [0.29, 0.717) is 0 Å². The van der Waals surface area contributed by atoms with Crippen LogP contribution in [0.5, 0.6) is 0 Å². The summed E-state index contributed by atoms with van der Waals surface area (Å²) in [7, 11) is 0. The summed E-state index contributed by atoms with van der Waals surface area (Å²) in [6.07, 6.45) is 6.25. The maximum atomic E-state index is 2.45. The first kappa shape index (κ1) is 7.41. The van der Waals surface area contributed by atoms with E-state index in [9.17, 15) is 0 Å². The molecule has 3 rings (SSSR count). The number of fused-ring (bicyclic) bond motifs is 3. The van der Waals surface area contributed by atoms with Crippen molar-refractivity contribution in [1.29, 1.82) is 0 Å². The van der Waals surface area contributed by atoms with Gasteiger partial charge in [-0.1, -0.05) is 20.8 Å². The summed E-state index contributed by atoms with van der Waals surface area (Å²) in [5.41, 5.74) is 1.75. The molecular formula is C12H20. The van der Waals surface area contributed by atoms with E-state index in [-0.39, 0.29) is 0 Å². The molecule has 0 saturated heterocycles. The summed E-state index contributed by atoms with van der Waals surface area (Å²) >= 11 is 0. The smallest absolute Gasteiger partial charge is 0.0181 e. The predicted molar refractivity (Wildman–Crippen MR) is 50.8 cm³/mol. The maximum absolute atomic E-state index is 2.45. The maximum Gasteiger partial charge on any atom is -0.0181 e. The van der Waals surface area contributed by atoms with Gasteiger partial charge in [0.25, 0.3) is 0 Å². The fourth-order valence-electron chi connectivity index (χ4n) is 5.03. The Bertz CT molecular complexity index is 222. The van der Waals surface area contributed by atoms with Gasteiger partial charge in [-0.25, -0.2) is 0 Å². The molecule has 2 atom stereocenters. The minimum Gasteiger partial charge on any atom is -0.0625 e. The Balaban J connectivity index is 1.85. The summed E-state index contributed by atoms with van der Waals surface area (Å²) in [4.78, 5) is 0. The van der Waals surface area contributed by atoms with Crippen LogP contribution in [0.15, 0.2) is 0 Å². The van der Waals surface area contributed by atoms with Gasteiger partial charge in [-0.3, -0.25) is 0 Å². The first-order chi connectivity index (χ1) is 5.63. The Morgan fingerprint density at radius 1 is 1.25 bits per heavy atom. The van der Waals surface area contributed by atoms with Gasteiger partial charge in [0.1, 0.15) is 0 Å². The van der Waals surface area contributed by atoms with Crippen molar-refractivity contribution < 1.29 is 0 Å². The average Bonchev–Trinajstić information content (AvgIpc) is 2.20. The van der Waals surface area contributed by atoms with Gasteiger partial charge >= 0.3 is 0 Å². The molecule has 12 heavy (non-hydrogen) atoms. The Morgan fingerprint density at radius 2 is 1.92 bits per heavy atom. The molecule has 68 valence electrons. The van der Waals surface area contributed by atoms with E-state index in [2.05, 4.69) is 20.8 Å². The molecule has 0 N–H and O–H groups in total. The summed E-state index contributed by atoms with van der Waals surface area (Å²) in [6, 6.07) is 0. The van der Waals surface area contributed by atoms with Crippen LogP contribution in [0.1, 0.15) is 46.5 Å². The summed E-state index contributed by atoms with van der Waals surface area (Å²) < 4.78 is 0. The van der Waals surface area contributed by atoms with Crippen LogP contribution < -0.4 is 0 Å². The molecule has 0 bridgehead atoms. The first-order valence-electron chi connectivity index (χ1n) is 5.63. The second-order valence-corrected chi connectivity index (χ2v) is 5.96. The molecule has 0 aromatic heterocycles. The van der Waals surface area contributed by atoms with Crippen molar-refractivity contribution in [3.05, 3.63) is 0 Å². The van der Waals surface area contributed by atoms with Gasteiger partial charge in [0, 0.05) is 0 Å². The van der Waals surface area contributed by atoms with Crippen LogP contribution in [0.4, 0.5) is 0 Å². The standard InChI is InChI=1S/C12H20/c1-8(2)12-5-4-10(12)11(12)6-9(3)7-11/h8-10H,4-7H2,1-3H3. The van der Waals surface area contributed by atoms with Gasteiger partial charge in [0.15, 0.2) is 0 Å². The zero-order valence-electron chi connectivity index (χ0n) is 8.56.